The third kappa shape index (κ3) is 6.17. The van der Waals surface area contributed by atoms with Crippen LogP contribution in [0.15, 0.2) is 30.6 Å². The van der Waals surface area contributed by atoms with Crippen LogP contribution >= 0.6 is 0 Å². The van der Waals surface area contributed by atoms with Crippen LogP contribution in [0.1, 0.15) is 57.3 Å². The molecule has 1 saturated heterocycles. The second-order valence-electron chi connectivity index (χ2n) is 8.70. The fraction of sp³-hybridized carbons (Fsp3) is 0.500. The molecule has 1 aliphatic heterocycles. The number of hydrogen-bond donors (Lipinski definition) is 2. The summed E-state index contributed by atoms with van der Waals surface area (Å²) in [5, 5.41) is 21.6. The van der Waals surface area contributed by atoms with E-state index < -0.39 is 5.97 Å². The van der Waals surface area contributed by atoms with E-state index in [4.69, 9.17) is 10.00 Å². The number of ether oxygens (including phenoxy) is 1. The molecular weight excluding hydrogens is 406 g/mol. The maximum atomic E-state index is 11.2. The Bertz CT molecular complexity index is 949. The molecule has 1 unspecified atom stereocenters. The van der Waals surface area contributed by atoms with Crippen LogP contribution in [-0.4, -0.2) is 46.8 Å². The minimum absolute atomic E-state index is 0.0639. The summed E-state index contributed by atoms with van der Waals surface area (Å²) < 4.78 is 5.59. The Kier molecular flexibility index (Phi) is 8.01. The first-order valence-electron chi connectivity index (χ1n) is 11.1. The number of nitriles is 1. The number of aliphatic carboxylic acids is 1. The minimum atomic E-state index is -0.819. The van der Waals surface area contributed by atoms with Gasteiger partial charge >= 0.3 is 5.97 Å². The number of benzene rings is 1. The fourth-order valence-corrected chi connectivity index (χ4v) is 4.03. The Balaban J connectivity index is 2.00. The van der Waals surface area contributed by atoms with Gasteiger partial charge in [0.2, 0.25) is 5.82 Å². The normalized spacial score (nSPS) is 15.2. The maximum absolute atomic E-state index is 11.2. The van der Waals surface area contributed by atoms with Crippen molar-refractivity contribution in [2.45, 2.75) is 52.0 Å². The first kappa shape index (κ1) is 23.5. The molecular formula is C24H31N5O3. The smallest absolute Gasteiger partial charge is 0.303 e. The number of rotatable bonds is 9. The van der Waals surface area contributed by atoms with E-state index in [2.05, 4.69) is 40.1 Å². The highest BCUT2D eigenvalue weighted by molar-refractivity contribution is 5.77. The number of aromatic nitrogens is 2. The molecule has 1 atom stereocenters. The van der Waals surface area contributed by atoms with E-state index in [9.17, 15) is 9.90 Å². The summed E-state index contributed by atoms with van der Waals surface area (Å²) in [6.07, 6.45) is 5.16. The van der Waals surface area contributed by atoms with Gasteiger partial charge in [-0.1, -0.05) is 26.8 Å². The van der Waals surface area contributed by atoms with Crippen LogP contribution in [0.5, 0.6) is 0 Å². The van der Waals surface area contributed by atoms with Crippen molar-refractivity contribution < 1.29 is 14.6 Å². The van der Waals surface area contributed by atoms with Crippen LogP contribution in [0.25, 0.3) is 0 Å². The van der Waals surface area contributed by atoms with E-state index in [1.165, 1.54) is 0 Å². The molecule has 3 rings (SSSR count). The molecule has 170 valence electrons. The molecule has 0 aliphatic carbocycles. The van der Waals surface area contributed by atoms with Gasteiger partial charge in [-0.2, -0.15) is 5.26 Å². The molecule has 0 saturated carbocycles. The summed E-state index contributed by atoms with van der Waals surface area (Å²) in [7, 11) is 0. The Morgan fingerprint density at radius 1 is 1.28 bits per heavy atom. The minimum Gasteiger partial charge on any atom is -0.481 e. The summed E-state index contributed by atoms with van der Waals surface area (Å²) in [4.78, 5) is 21.8. The molecule has 0 spiro atoms. The van der Waals surface area contributed by atoms with Gasteiger partial charge in [0.15, 0.2) is 0 Å². The van der Waals surface area contributed by atoms with E-state index in [1.807, 2.05) is 25.1 Å². The van der Waals surface area contributed by atoms with E-state index in [0.29, 0.717) is 17.6 Å². The lowest BCUT2D eigenvalue weighted by Crippen LogP contribution is -2.42. The Hall–Kier alpha value is -3.18. The molecule has 1 fully saturated rings. The van der Waals surface area contributed by atoms with Crippen molar-refractivity contribution in [2.75, 3.05) is 30.0 Å². The lowest BCUT2D eigenvalue weighted by Gasteiger charge is -2.38. The molecule has 2 aromatic rings. The summed E-state index contributed by atoms with van der Waals surface area (Å²) in [5.74, 6) is -0.362. The highest BCUT2D eigenvalue weighted by Gasteiger charge is 2.25. The van der Waals surface area contributed by atoms with Crippen molar-refractivity contribution in [1.82, 2.24) is 9.97 Å². The lowest BCUT2D eigenvalue weighted by atomic mass is 9.95. The van der Waals surface area contributed by atoms with Crippen molar-refractivity contribution in [3.05, 3.63) is 42.0 Å². The van der Waals surface area contributed by atoms with Gasteiger partial charge in [0, 0.05) is 25.8 Å². The van der Waals surface area contributed by atoms with Crippen LogP contribution in [0.3, 0.4) is 0 Å². The molecule has 1 aromatic carbocycles. The lowest BCUT2D eigenvalue weighted by molar-refractivity contribution is -0.137. The summed E-state index contributed by atoms with van der Waals surface area (Å²) in [6.45, 7) is 8.72. The second kappa shape index (κ2) is 10.9. The van der Waals surface area contributed by atoms with E-state index >= 15 is 0 Å². The molecule has 32 heavy (non-hydrogen) atoms. The zero-order valence-electron chi connectivity index (χ0n) is 18.9. The van der Waals surface area contributed by atoms with Gasteiger partial charge in [-0.3, -0.25) is 4.79 Å². The van der Waals surface area contributed by atoms with Gasteiger partial charge in [-0.25, -0.2) is 9.97 Å². The topological polar surface area (TPSA) is 111 Å². The SMILES string of the molecule is CC(C)CN(c1ccc(C(C)CC(=O)O)cc1Nc1cnc(C#N)nc1)C1CCOCC1. The number of carboxylic acid groups (broad SMARTS) is 1. The van der Waals surface area contributed by atoms with Gasteiger partial charge in [0.25, 0.3) is 0 Å². The number of carbonyl (C=O) groups is 1. The van der Waals surface area contributed by atoms with E-state index in [-0.39, 0.29) is 18.2 Å². The zero-order chi connectivity index (χ0) is 23.1. The molecule has 0 amide bonds. The van der Waals surface area contributed by atoms with Gasteiger partial charge in [-0.05, 0) is 42.4 Å². The van der Waals surface area contributed by atoms with Crippen LogP contribution < -0.4 is 10.2 Å². The third-order valence-corrected chi connectivity index (χ3v) is 5.60. The first-order valence-corrected chi connectivity index (χ1v) is 11.1. The molecule has 0 radical (unpaired) electrons. The van der Waals surface area contributed by atoms with Crippen molar-refractivity contribution in [3.63, 3.8) is 0 Å². The number of nitrogens with one attached hydrogen (secondary N) is 1. The van der Waals surface area contributed by atoms with Crippen molar-refractivity contribution in [1.29, 1.82) is 5.26 Å². The molecule has 1 aliphatic rings. The molecule has 2 N–H and O–H groups in total. The van der Waals surface area contributed by atoms with Gasteiger partial charge in [0.1, 0.15) is 6.07 Å². The Morgan fingerprint density at radius 3 is 2.56 bits per heavy atom. The average Bonchev–Trinajstić information content (AvgIpc) is 2.78. The summed E-state index contributed by atoms with van der Waals surface area (Å²) in [5.41, 5.74) is 3.55. The fourth-order valence-electron chi connectivity index (χ4n) is 4.03. The summed E-state index contributed by atoms with van der Waals surface area (Å²) in [6, 6.07) is 8.42. The van der Waals surface area contributed by atoms with E-state index in [0.717, 1.165) is 49.5 Å². The number of hydrogen-bond acceptors (Lipinski definition) is 7. The highest BCUT2D eigenvalue weighted by Crippen LogP contribution is 2.36. The van der Waals surface area contributed by atoms with Crippen LogP contribution in [0.2, 0.25) is 0 Å². The van der Waals surface area contributed by atoms with Gasteiger partial charge < -0.3 is 20.1 Å². The Labute approximate surface area is 189 Å². The monoisotopic (exact) mass is 437 g/mol. The summed E-state index contributed by atoms with van der Waals surface area (Å²) >= 11 is 0. The Morgan fingerprint density at radius 2 is 1.97 bits per heavy atom. The molecule has 2 heterocycles. The molecule has 8 heteroatoms. The number of nitrogens with zero attached hydrogens (tertiary/aromatic N) is 4. The van der Waals surface area contributed by atoms with Crippen molar-refractivity contribution >= 4 is 23.0 Å². The predicted octanol–water partition coefficient (Wildman–Crippen LogP) is 4.31. The van der Waals surface area contributed by atoms with Crippen molar-refractivity contribution in [3.8, 4) is 6.07 Å². The third-order valence-electron chi connectivity index (χ3n) is 5.60. The predicted molar refractivity (Wildman–Crippen MR) is 123 cm³/mol. The maximum Gasteiger partial charge on any atom is 0.303 e. The largest absolute Gasteiger partial charge is 0.481 e. The van der Waals surface area contributed by atoms with Gasteiger partial charge in [-0.15, -0.1) is 0 Å². The molecule has 0 bridgehead atoms. The highest BCUT2D eigenvalue weighted by atomic mass is 16.5. The van der Waals surface area contributed by atoms with Crippen LogP contribution in [0, 0.1) is 17.2 Å². The quantitative estimate of drug-likeness (QED) is 0.597. The van der Waals surface area contributed by atoms with Gasteiger partial charge in [0.05, 0.1) is 35.9 Å². The number of anilines is 3. The number of carboxylic acids is 1. The zero-order valence-corrected chi connectivity index (χ0v) is 18.9. The standard InChI is InChI=1S/C24H31N5O3/c1-16(2)15-29(20-6-8-32-9-7-20)22-5-4-18(17(3)10-24(30)31)11-21(22)28-19-13-26-23(12-25)27-14-19/h4-5,11,13-14,16-17,20,28H,6-10,15H2,1-3H3,(H,30,31). The first-order chi connectivity index (χ1) is 15.4. The molecule has 1 aromatic heterocycles. The molecule has 8 nitrogen and oxygen atoms in total. The second-order valence-corrected chi connectivity index (χ2v) is 8.70. The van der Waals surface area contributed by atoms with Crippen molar-refractivity contribution in [2.24, 2.45) is 5.92 Å². The van der Waals surface area contributed by atoms with E-state index in [1.54, 1.807) is 12.4 Å². The van der Waals surface area contributed by atoms with Crippen LogP contribution in [-0.2, 0) is 9.53 Å². The average molecular weight is 438 g/mol. The van der Waals surface area contributed by atoms with Crippen LogP contribution in [0.4, 0.5) is 17.1 Å².